The summed E-state index contributed by atoms with van der Waals surface area (Å²) in [5.74, 6) is 0.869. The molecule has 0 unspecified atom stereocenters. The van der Waals surface area contributed by atoms with Gasteiger partial charge in [-0.2, -0.15) is 0 Å². The molecule has 0 spiro atoms. The van der Waals surface area contributed by atoms with Gasteiger partial charge in [0.2, 0.25) is 0 Å². The number of H-pyrrole nitrogens is 1. The van der Waals surface area contributed by atoms with Crippen LogP contribution in [0, 0.1) is 13.8 Å². The van der Waals surface area contributed by atoms with Crippen molar-refractivity contribution >= 4 is 11.8 Å². The number of likely N-dealkylation sites (N-methyl/N-ethyl adjacent to an activating group) is 1. The van der Waals surface area contributed by atoms with Gasteiger partial charge in [-0.15, -0.1) is 0 Å². The average molecular weight is 417 g/mol. The van der Waals surface area contributed by atoms with Crippen molar-refractivity contribution in [1.29, 1.82) is 0 Å². The largest absolute Gasteiger partial charge is 0.493 e. The van der Waals surface area contributed by atoms with Gasteiger partial charge in [-0.05, 0) is 64.9 Å². The second kappa shape index (κ2) is 10.3. The molecule has 0 aliphatic rings. The number of rotatable bonds is 10. The minimum Gasteiger partial charge on any atom is -0.493 e. The van der Waals surface area contributed by atoms with Gasteiger partial charge in [0.1, 0.15) is 0 Å². The first-order chi connectivity index (χ1) is 14.2. The number of ketones is 1. The van der Waals surface area contributed by atoms with Crippen molar-refractivity contribution in [1.82, 2.24) is 9.88 Å². The molecule has 1 aromatic carbocycles. The van der Waals surface area contributed by atoms with Crippen LogP contribution in [0.4, 0.5) is 0 Å². The smallest absolute Gasteiger partial charge is 0.340 e. The van der Waals surface area contributed by atoms with Gasteiger partial charge in [0, 0.05) is 12.2 Å². The van der Waals surface area contributed by atoms with Crippen molar-refractivity contribution in [3.05, 3.63) is 46.3 Å². The molecule has 30 heavy (non-hydrogen) atoms. The summed E-state index contributed by atoms with van der Waals surface area (Å²) in [5.41, 5.74) is 3.15. The molecule has 1 N–H and O–H groups in total. The number of carbonyl (C=O) groups is 2. The molecule has 1 aromatic heterocycles. The normalized spacial score (nSPS) is 12.0. The standard InChI is InChI=1S/C23H32N2O5/c1-8-29-18-11-10-17(12-19(18)28-7)13-25(6)16(5)22(26)21-14(3)20(15(4)24-21)23(27)30-9-2/h10-12,16,24H,8-9,13H2,1-7H3/t16-/m1/s1. The highest BCUT2D eigenvalue weighted by Crippen LogP contribution is 2.29. The molecule has 7 nitrogen and oxygen atoms in total. The Labute approximate surface area is 178 Å². The van der Waals surface area contributed by atoms with Crippen LogP contribution in [0.15, 0.2) is 18.2 Å². The van der Waals surface area contributed by atoms with E-state index in [1.807, 2.05) is 44.0 Å². The van der Waals surface area contributed by atoms with Crippen molar-refractivity contribution in [2.24, 2.45) is 0 Å². The Hall–Kier alpha value is -2.80. The molecule has 0 saturated carbocycles. The molecule has 1 atom stereocenters. The van der Waals surface area contributed by atoms with E-state index < -0.39 is 12.0 Å². The molecule has 0 aliphatic carbocycles. The summed E-state index contributed by atoms with van der Waals surface area (Å²) in [6.07, 6.45) is 0. The first kappa shape index (κ1) is 23.5. The number of benzene rings is 1. The minimum absolute atomic E-state index is 0.0773. The number of nitrogens with zero attached hydrogens (tertiary/aromatic N) is 1. The van der Waals surface area contributed by atoms with Gasteiger partial charge in [-0.3, -0.25) is 9.69 Å². The zero-order valence-corrected chi connectivity index (χ0v) is 18.9. The summed E-state index contributed by atoms with van der Waals surface area (Å²) in [5, 5.41) is 0. The van der Waals surface area contributed by atoms with Gasteiger partial charge in [0.25, 0.3) is 0 Å². The van der Waals surface area contributed by atoms with Crippen LogP contribution in [0.2, 0.25) is 0 Å². The topological polar surface area (TPSA) is 80.9 Å². The second-order valence-corrected chi connectivity index (χ2v) is 7.22. The summed E-state index contributed by atoms with van der Waals surface area (Å²) in [4.78, 5) is 30.4. The number of aryl methyl sites for hydroxylation is 1. The van der Waals surface area contributed by atoms with Crippen LogP contribution >= 0.6 is 0 Å². The van der Waals surface area contributed by atoms with Crippen LogP contribution in [0.1, 0.15) is 58.4 Å². The van der Waals surface area contributed by atoms with Crippen molar-refractivity contribution in [3.8, 4) is 11.5 Å². The molecule has 7 heteroatoms. The van der Waals surface area contributed by atoms with E-state index in [-0.39, 0.29) is 12.4 Å². The highest BCUT2D eigenvalue weighted by atomic mass is 16.5. The fourth-order valence-electron chi connectivity index (χ4n) is 3.42. The molecule has 1 heterocycles. The molecule has 2 rings (SSSR count). The fourth-order valence-corrected chi connectivity index (χ4v) is 3.42. The molecule has 164 valence electrons. The van der Waals surface area contributed by atoms with Crippen molar-refractivity contribution < 1.29 is 23.8 Å². The van der Waals surface area contributed by atoms with E-state index in [0.29, 0.717) is 47.2 Å². The monoisotopic (exact) mass is 416 g/mol. The highest BCUT2D eigenvalue weighted by Gasteiger charge is 2.27. The van der Waals surface area contributed by atoms with Crippen LogP contribution in [-0.2, 0) is 11.3 Å². The Morgan fingerprint density at radius 1 is 1.13 bits per heavy atom. The molecule has 0 bridgehead atoms. The minimum atomic E-state index is -0.412. The number of nitrogens with one attached hydrogen (secondary N) is 1. The van der Waals surface area contributed by atoms with Gasteiger partial charge >= 0.3 is 5.97 Å². The lowest BCUT2D eigenvalue weighted by Gasteiger charge is -2.24. The number of hydrogen-bond acceptors (Lipinski definition) is 6. The third-order valence-electron chi connectivity index (χ3n) is 5.16. The number of Topliss-reactive ketones (excluding diaryl/α,β-unsaturated/α-hetero) is 1. The Morgan fingerprint density at radius 2 is 1.83 bits per heavy atom. The number of carbonyl (C=O) groups excluding carboxylic acids is 2. The van der Waals surface area contributed by atoms with Crippen LogP contribution in [-0.4, -0.2) is 55.0 Å². The van der Waals surface area contributed by atoms with E-state index in [4.69, 9.17) is 14.2 Å². The van der Waals surface area contributed by atoms with Crippen LogP contribution < -0.4 is 9.47 Å². The number of hydrogen-bond donors (Lipinski definition) is 1. The predicted octanol–water partition coefficient (Wildman–Crippen LogP) is 3.92. The van der Waals surface area contributed by atoms with Gasteiger partial charge in [0.15, 0.2) is 17.3 Å². The quantitative estimate of drug-likeness (QED) is 0.467. The van der Waals surface area contributed by atoms with Crippen molar-refractivity contribution in [2.45, 2.75) is 47.2 Å². The number of aromatic amines is 1. The number of methoxy groups -OCH3 is 1. The third-order valence-corrected chi connectivity index (χ3v) is 5.16. The van der Waals surface area contributed by atoms with Crippen molar-refractivity contribution in [2.75, 3.05) is 27.4 Å². The van der Waals surface area contributed by atoms with Crippen LogP contribution in [0.25, 0.3) is 0 Å². The van der Waals surface area contributed by atoms with E-state index in [2.05, 4.69) is 4.98 Å². The van der Waals surface area contributed by atoms with Gasteiger partial charge in [-0.25, -0.2) is 4.79 Å². The van der Waals surface area contributed by atoms with Gasteiger partial charge in [-0.1, -0.05) is 6.07 Å². The summed E-state index contributed by atoms with van der Waals surface area (Å²) < 4.78 is 16.1. The number of ether oxygens (including phenoxy) is 3. The fraction of sp³-hybridized carbons (Fsp3) is 0.478. The Balaban J connectivity index is 2.19. The summed E-state index contributed by atoms with van der Waals surface area (Å²) in [6.45, 7) is 10.5. The van der Waals surface area contributed by atoms with Gasteiger partial charge in [0.05, 0.1) is 37.6 Å². The summed E-state index contributed by atoms with van der Waals surface area (Å²) in [6, 6.07) is 5.36. The number of aromatic nitrogens is 1. The molecule has 0 aliphatic heterocycles. The van der Waals surface area contributed by atoms with Crippen LogP contribution in [0.5, 0.6) is 11.5 Å². The maximum absolute atomic E-state index is 13.1. The molecular formula is C23H32N2O5. The van der Waals surface area contributed by atoms with E-state index in [1.165, 1.54) is 0 Å². The molecule has 0 radical (unpaired) electrons. The molecule has 0 fully saturated rings. The average Bonchev–Trinajstić information content (AvgIpc) is 3.02. The Morgan fingerprint density at radius 3 is 2.43 bits per heavy atom. The zero-order chi connectivity index (χ0) is 22.4. The maximum Gasteiger partial charge on any atom is 0.340 e. The third kappa shape index (κ3) is 5.02. The van der Waals surface area contributed by atoms with E-state index in [9.17, 15) is 9.59 Å². The lowest BCUT2D eigenvalue weighted by Crippen LogP contribution is -2.36. The van der Waals surface area contributed by atoms with E-state index in [0.717, 1.165) is 5.56 Å². The summed E-state index contributed by atoms with van der Waals surface area (Å²) >= 11 is 0. The summed E-state index contributed by atoms with van der Waals surface area (Å²) in [7, 11) is 3.50. The Bertz CT molecular complexity index is 903. The Kier molecular flexibility index (Phi) is 8.06. The zero-order valence-electron chi connectivity index (χ0n) is 18.9. The van der Waals surface area contributed by atoms with E-state index >= 15 is 0 Å². The number of esters is 1. The van der Waals surface area contributed by atoms with E-state index in [1.54, 1.807) is 27.9 Å². The SMILES string of the molecule is CCOC(=O)c1c(C)[nH]c(C(=O)[C@@H](C)N(C)Cc2ccc(OCC)c(OC)c2)c1C. The van der Waals surface area contributed by atoms with Gasteiger partial charge < -0.3 is 19.2 Å². The van der Waals surface area contributed by atoms with Crippen LogP contribution in [0.3, 0.4) is 0 Å². The molecule has 0 saturated heterocycles. The lowest BCUT2D eigenvalue weighted by atomic mass is 10.0. The lowest BCUT2D eigenvalue weighted by molar-refractivity contribution is 0.0525. The first-order valence-corrected chi connectivity index (χ1v) is 10.1. The maximum atomic E-state index is 13.1. The first-order valence-electron chi connectivity index (χ1n) is 10.1. The molecule has 2 aromatic rings. The predicted molar refractivity (Wildman–Crippen MR) is 116 cm³/mol. The highest BCUT2D eigenvalue weighted by molar-refractivity contribution is 6.03. The molecular weight excluding hydrogens is 384 g/mol. The van der Waals surface area contributed by atoms with Crippen molar-refractivity contribution in [3.63, 3.8) is 0 Å². The molecule has 0 amide bonds. The second-order valence-electron chi connectivity index (χ2n) is 7.22.